The van der Waals surface area contributed by atoms with E-state index < -0.39 is 16.0 Å². The van der Waals surface area contributed by atoms with Crippen LogP contribution in [0.3, 0.4) is 0 Å². The summed E-state index contributed by atoms with van der Waals surface area (Å²) >= 11 is 0. The first-order valence-electron chi connectivity index (χ1n) is 11.6. The van der Waals surface area contributed by atoms with Crippen LogP contribution in [0.25, 0.3) is 10.9 Å². The molecule has 1 aromatic heterocycles. The van der Waals surface area contributed by atoms with Crippen molar-refractivity contribution < 1.29 is 22.7 Å². The summed E-state index contributed by atoms with van der Waals surface area (Å²) in [5.41, 5.74) is 3.68. The van der Waals surface area contributed by atoms with Crippen molar-refractivity contribution >= 4 is 26.9 Å². The molecule has 0 saturated heterocycles. The summed E-state index contributed by atoms with van der Waals surface area (Å²) in [6, 6.07) is 18.2. The quantitative estimate of drug-likeness (QED) is 0.347. The number of nitrogens with zero attached hydrogens (tertiary/aromatic N) is 1. The second-order valence-corrected chi connectivity index (χ2v) is 10.7. The number of carbonyl (C=O) groups is 1. The van der Waals surface area contributed by atoms with Crippen LogP contribution in [0.4, 0.5) is 0 Å². The van der Waals surface area contributed by atoms with Gasteiger partial charge in [-0.1, -0.05) is 24.3 Å². The summed E-state index contributed by atoms with van der Waals surface area (Å²) in [7, 11) is -1.24. The number of hydrogen-bond acceptors (Lipinski definition) is 6. The third-order valence-electron chi connectivity index (χ3n) is 6.41. The number of pyridine rings is 1. The lowest BCUT2D eigenvalue weighted by Gasteiger charge is -2.23. The lowest BCUT2D eigenvalue weighted by atomic mass is 10.0. The number of aromatic nitrogens is 1. The van der Waals surface area contributed by atoms with Gasteiger partial charge in [0.05, 0.1) is 30.2 Å². The molecule has 0 fully saturated rings. The number of benzene rings is 3. The molecule has 192 valence electrons. The number of carbonyl (C=O) groups excluding carboxylic acids is 1. The van der Waals surface area contributed by atoms with Gasteiger partial charge in [-0.25, -0.2) is 13.2 Å². The lowest BCUT2D eigenvalue weighted by Crippen LogP contribution is -2.32. The number of aryl methyl sites for hydroxylation is 2. The number of nitrogens with one attached hydrogen (secondary N) is 1. The van der Waals surface area contributed by atoms with Gasteiger partial charge in [0, 0.05) is 18.7 Å². The number of H-pyrrole nitrogens is 1. The van der Waals surface area contributed by atoms with Crippen molar-refractivity contribution in [1.29, 1.82) is 0 Å². The Morgan fingerprint density at radius 2 is 1.59 bits per heavy atom. The average Bonchev–Trinajstić information content (AvgIpc) is 2.91. The molecule has 0 aliphatic rings. The minimum absolute atomic E-state index is 0.00245. The van der Waals surface area contributed by atoms with Crippen molar-refractivity contribution in [2.24, 2.45) is 0 Å². The van der Waals surface area contributed by atoms with Crippen LogP contribution in [0.5, 0.6) is 5.75 Å². The van der Waals surface area contributed by atoms with Crippen molar-refractivity contribution in [3.63, 3.8) is 0 Å². The van der Waals surface area contributed by atoms with Gasteiger partial charge in [0.2, 0.25) is 10.0 Å². The fourth-order valence-electron chi connectivity index (χ4n) is 4.07. The highest BCUT2D eigenvalue weighted by Crippen LogP contribution is 2.24. The number of rotatable bonds is 8. The largest absolute Gasteiger partial charge is 0.497 e. The van der Waals surface area contributed by atoms with Crippen LogP contribution in [-0.4, -0.2) is 37.9 Å². The maximum Gasteiger partial charge on any atom is 0.337 e. The molecule has 0 spiro atoms. The van der Waals surface area contributed by atoms with Crippen LogP contribution in [-0.2, 0) is 27.8 Å². The number of methoxy groups -OCH3 is 2. The van der Waals surface area contributed by atoms with Crippen LogP contribution in [0.2, 0.25) is 0 Å². The number of sulfonamides is 1. The topological polar surface area (TPSA) is 106 Å². The molecule has 0 saturated carbocycles. The molecular weight excluding hydrogens is 492 g/mol. The zero-order valence-electron chi connectivity index (χ0n) is 21.1. The molecule has 9 heteroatoms. The van der Waals surface area contributed by atoms with Crippen molar-refractivity contribution in [3.05, 3.63) is 105 Å². The summed E-state index contributed by atoms with van der Waals surface area (Å²) in [6.45, 7) is 3.78. The number of esters is 1. The fraction of sp³-hybridized carbons (Fsp3) is 0.214. The molecule has 0 bridgehead atoms. The first-order valence-corrected chi connectivity index (χ1v) is 13.0. The van der Waals surface area contributed by atoms with Gasteiger partial charge < -0.3 is 14.5 Å². The second kappa shape index (κ2) is 10.6. The Morgan fingerprint density at radius 1 is 0.919 bits per heavy atom. The van der Waals surface area contributed by atoms with Gasteiger partial charge >= 0.3 is 5.97 Å². The van der Waals surface area contributed by atoms with Gasteiger partial charge in [-0.2, -0.15) is 4.31 Å². The molecule has 1 N–H and O–H groups in total. The van der Waals surface area contributed by atoms with E-state index in [0.29, 0.717) is 11.3 Å². The van der Waals surface area contributed by atoms with E-state index in [4.69, 9.17) is 9.47 Å². The van der Waals surface area contributed by atoms with Crippen molar-refractivity contribution in [3.8, 4) is 5.75 Å². The average molecular weight is 521 g/mol. The standard InChI is InChI=1S/C28H28N2O6S/c1-18-5-8-22-15-23(27(31)29-26(22)19(18)2)17-30(16-20-6-11-24(35-3)12-7-20)37(33,34)25-13-9-21(10-14-25)28(32)36-4/h5-15H,16-17H2,1-4H3,(H,29,31). The number of hydrogen-bond donors (Lipinski definition) is 1. The van der Waals surface area contributed by atoms with E-state index in [-0.39, 0.29) is 29.1 Å². The molecule has 0 unspecified atom stereocenters. The fourth-order valence-corrected chi connectivity index (χ4v) is 5.47. The summed E-state index contributed by atoms with van der Waals surface area (Å²) < 4.78 is 38.7. The van der Waals surface area contributed by atoms with Crippen molar-refractivity contribution in [2.75, 3.05) is 14.2 Å². The first-order chi connectivity index (χ1) is 17.6. The monoisotopic (exact) mass is 520 g/mol. The molecule has 0 aliphatic heterocycles. The maximum absolute atomic E-state index is 13.8. The Labute approximate surface area is 215 Å². The van der Waals surface area contributed by atoms with E-state index in [1.54, 1.807) is 37.4 Å². The van der Waals surface area contributed by atoms with E-state index in [0.717, 1.165) is 27.6 Å². The number of ether oxygens (including phenoxy) is 2. The molecule has 4 aromatic rings. The maximum atomic E-state index is 13.8. The Morgan fingerprint density at radius 3 is 2.22 bits per heavy atom. The molecule has 8 nitrogen and oxygen atoms in total. The smallest absolute Gasteiger partial charge is 0.337 e. The molecule has 0 aliphatic carbocycles. The molecule has 0 amide bonds. The SMILES string of the molecule is COC(=O)c1ccc(S(=O)(=O)N(Cc2ccc(OC)cc2)Cc2cc3ccc(C)c(C)c3[nH]c2=O)cc1. The Hall–Kier alpha value is -3.95. The molecule has 1 heterocycles. The van der Waals surface area contributed by atoms with Gasteiger partial charge in [-0.3, -0.25) is 4.79 Å². The van der Waals surface area contributed by atoms with Gasteiger partial charge in [0.15, 0.2) is 0 Å². The van der Waals surface area contributed by atoms with Crippen LogP contribution in [0.15, 0.2) is 76.4 Å². The summed E-state index contributed by atoms with van der Waals surface area (Å²) in [5.74, 6) is 0.0838. The third-order valence-corrected chi connectivity index (χ3v) is 8.21. The van der Waals surface area contributed by atoms with Crippen molar-refractivity contribution in [2.45, 2.75) is 31.8 Å². The molecule has 4 rings (SSSR count). The highest BCUT2D eigenvalue weighted by atomic mass is 32.2. The lowest BCUT2D eigenvalue weighted by molar-refractivity contribution is 0.0600. The minimum Gasteiger partial charge on any atom is -0.497 e. The molecule has 0 atom stereocenters. The van der Waals surface area contributed by atoms with Crippen LogP contribution in [0, 0.1) is 13.8 Å². The predicted octanol–water partition coefficient (Wildman–Crippen LogP) is 4.33. The summed E-state index contributed by atoms with van der Waals surface area (Å²) in [5, 5.41) is 0.821. The Kier molecular flexibility index (Phi) is 7.47. The van der Waals surface area contributed by atoms with Gasteiger partial charge in [0.25, 0.3) is 5.56 Å². The number of aromatic amines is 1. The summed E-state index contributed by atoms with van der Waals surface area (Å²) in [4.78, 5) is 27.8. The van der Waals surface area contributed by atoms with Crippen LogP contribution < -0.4 is 10.3 Å². The highest BCUT2D eigenvalue weighted by Gasteiger charge is 2.26. The molecule has 0 radical (unpaired) electrons. The molecular formula is C28H28N2O6S. The van der Waals surface area contributed by atoms with Crippen LogP contribution in [0.1, 0.15) is 32.6 Å². The minimum atomic E-state index is -4.05. The molecule has 37 heavy (non-hydrogen) atoms. The van der Waals surface area contributed by atoms with Crippen LogP contribution >= 0.6 is 0 Å². The molecule has 3 aromatic carbocycles. The predicted molar refractivity (Wildman–Crippen MR) is 141 cm³/mol. The van der Waals surface area contributed by atoms with Gasteiger partial charge in [-0.15, -0.1) is 0 Å². The highest BCUT2D eigenvalue weighted by molar-refractivity contribution is 7.89. The normalized spacial score (nSPS) is 11.6. The Bertz CT molecular complexity index is 1610. The zero-order chi connectivity index (χ0) is 26.7. The third kappa shape index (κ3) is 5.42. The van der Waals surface area contributed by atoms with E-state index in [2.05, 4.69) is 4.98 Å². The number of fused-ring (bicyclic) bond motifs is 1. The van der Waals surface area contributed by atoms with E-state index in [9.17, 15) is 18.0 Å². The zero-order valence-corrected chi connectivity index (χ0v) is 21.9. The first kappa shape index (κ1) is 26.1. The van der Waals surface area contributed by atoms with E-state index in [1.807, 2.05) is 26.0 Å². The van der Waals surface area contributed by atoms with Gasteiger partial charge in [0.1, 0.15) is 5.75 Å². The van der Waals surface area contributed by atoms with E-state index in [1.165, 1.54) is 35.7 Å². The Balaban J connectivity index is 1.76. The van der Waals surface area contributed by atoms with E-state index >= 15 is 0 Å². The summed E-state index contributed by atoms with van der Waals surface area (Å²) in [6.07, 6.45) is 0. The second-order valence-electron chi connectivity index (χ2n) is 8.73. The van der Waals surface area contributed by atoms with Gasteiger partial charge in [-0.05, 0) is 78.4 Å². The van der Waals surface area contributed by atoms with Crippen molar-refractivity contribution in [1.82, 2.24) is 9.29 Å².